The molecule has 20 heavy (non-hydrogen) atoms. The minimum absolute atomic E-state index is 0.430. The molecule has 2 aromatic rings. The van der Waals surface area contributed by atoms with E-state index >= 15 is 0 Å². The second-order valence-corrected chi connectivity index (χ2v) is 5.19. The van der Waals surface area contributed by atoms with Crippen molar-refractivity contribution in [2.24, 2.45) is 5.73 Å². The summed E-state index contributed by atoms with van der Waals surface area (Å²) in [4.78, 5) is 0. The number of nitrogens with two attached hydrogens (primary N) is 1. The first-order chi connectivity index (χ1) is 9.78. The van der Waals surface area contributed by atoms with E-state index in [4.69, 9.17) is 26.8 Å². The van der Waals surface area contributed by atoms with Gasteiger partial charge in [-0.25, -0.2) is 0 Å². The Balaban J connectivity index is 1.82. The summed E-state index contributed by atoms with van der Waals surface area (Å²) >= 11 is 6.14. The molecule has 0 bridgehead atoms. The lowest BCUT2D eigenvalue weighted by molar-refractivity contribution is 0.289. The molecule has 0 aliphatic carbocycles. The second-order valence-electron chi connectivity index (χ2n) is 4.75. The fourth-order valence-electron chi connectivity index (χ4n) is 2.42. The zero-order valence-corrected chi connectivity index (χ0v) is 11.8. The van der Waals surface area contributed by atoms with Crippen molar-refractivity contribution in [3.8, 4) is 11.5 Å². The molecule has 1 aliphatic heterocycles. The van der Waals surface area contributed by atoms with E-state index < -0.39 is 0 Å². The van der Waals surface area contributed by atoms with Gasteiger partial charge >= 0.3 is 0 Å². The number of benzene rings is 2. The van der Waals surface area contributed by atoms with Crippen LogP contribution in [-0.2, 0) is 19.6 Å². The molecule has 3 nitrogen and oxygen atoms in total. The molecule has 0 radical (unpaired) electrons. The van der Waals surface area contributed by atoms with Gasteiger partial charge in [0.05, 0.1) is 6.61 Å². The van der Waals surface area contributed by atoms with Crippen LogP contribution in [-0.4, -0.2) is 6.61 Å². The lowest BCUT2D eigenvalue weighted by atomic mass is 10.1. The van der Waals surface area contributed by atoms with Gasteiger partial charge in [-0.1, -0.05) is 29.8 Å². The van der Waals surface area contributed by atoms with Gasteiger partial charge in [0.1, 0.15) is 18.1 Å². The third-order valence-corrected chi connectivity index (χ3v) is 3.62. The average molecular weight is 290 g/mol. The van der Waals surface area contributed by atoms with E-state index in [1.165, 1.54) is 0 Å². The third-order valence-electron chi connectivity index (χ3n) is 3.40. The molecular weight excluding hydrogens is 274 g/mol. The number of halogens is 1. The summed E-state index contributed by atoms with van der Waals surface area (Å²) in [6.45, 7) is 1.60. The monoisotopic (exact) mass is 289 g/mol. The van der Waals surface area contributed by atoms with Crippen LogP contribution < -0.4 is 15.2 Å². The lowest BCUT2D eigenvalue weighted by Crippen LogP contribution is -2.03. The zero-order valence-electron chi connectivity index (χ0n) is 11.1. The molecule has 104 valence electrons. The summed E-state index contributed by atoms with van der Waals surface area (Å²) in [6.07, 6.45) is 0.905. The number of rotatable bonds is 4. The molecule has 0 spiro atoms. The number of hydrogen-bond donors (Lipinski definition) is 1. The van der Waals surface area contributed by atoms with E-state index in [-0.39, 0.29) is 0 Å². The van der Waals surface area contributed by atoms with Crippen LogP contribution >= 0.6 is 11.6 Å². The molecule has 1 aliphatic rings. The van der Waals surface area contributed by atoms with Crippen molar-refractivity contribution in [1.29, 1.82) is 0 Å². The number of para-hydroxylation sites is 1. The maximum absolute atomic E-state index is 6.14. The van der Waals surface area contributed by atoms with Crippen molar-refractivity contribution in [2.45, 2.75) is 19.6 Å². The molecule has 2 aromatic carbocycles. The van der Waals surface area contributed by atoms with E-state index in [1.807, 2.05) is 36.4 Å². The fourth-order valence-corrected chi connectivity index (χ4v) is 2.69. The molecule has 2 N–H and O–H groups in total. The predicted octanol–water partition coefficient (Wildman–Crippen LogP) is 3.31. The number of fused-ring (bicyclic) bond motifs is 1. The summed E-state index contributed by atoms with van der Waals surface area (Å²) in [7, 11) is 0. The quantitative estimate of drug-likeness (QED) is 0.939. The van der Waals surface area contributed by atoms with Crippen LogP contribution in [0.5, 0.6) is 11.5 Å². The van der Waals surface area contributed by atoms with Crippen LogP contribution in [0.1, 0.15) is 16.7 Å². The Bertz CT molecular complexity index is 628. The van der Waals surface area contributed by atoms with Gasteiger partial charge < -0.3 is 15.2 Å². The van der Waals surface area contributed by atoms with Gasteiger partial charge in [-0.15, -0.1) is 0 Å². The van der Waals surface area contributed by atoms with Crippen LogP contribution in [0.15, 0.2) is 36.4 Å². The first kappa shape index (κ1) is 13.3. The third kappa shape index (κ3) is 2.60. The Labute approximate surface area is 123 Å². The van der Waals surface area contributed by atoms with Gasteiger partial charge in [-0.05, 0) is 23.8 Å². The van der Waals surface area contributed by atoms with E-state index in [0.717, 1.165) is 39.6 Å². The molecule has 0 saturated carbocycles. The largest absolute Gasteiger partial charge is 0.493 e. The van der Waals surface area contributed by atoms with Crippen molar-refractivity contribution in [3.05, 3.63) is 58.1 Å². The predicted molar refractivity (Wildman–Crippen MR) is 79.3 cm³/mol. The molecule has 0 amide bonds. The molecule has 0 saturated heterocycles. The van der Waals surface area contributed by atoms with Crippen LogP contribution in [0.3, 0.4) is 0 Å². The molecule has 0 atom stereocenters. The van der Waals surface area contributed by atoms with Gasteiger partial charge in [-0.3, -0.25) is 0 Å². The molecule has 0 aromatic heterocycles. The van der Waals surface area contributed by atoms with Gasteiger partial charge in [0.15, 0.2) is 0 Å². The van der Waals surface area contributed by atoms with Crippen molar-refractivity contribution in [3.63, 3.8) is 0 Å². The summed E-state index contributed by atoms with van der Waals surface area (Å²) in [6, 6.07) is 11.6. The molecule has 4 heteroatoms. The average Bonchev–Trinajstić information content (AvgIpc) is 2.93. The first-order valence-electron chi connectivity index (χ1n) is 6.63. The Morgan fingerprint density at radius 1 is 1.20 bits per heavy atom. The van der Waals surface area contributed by atoms with Gasteiger partial charge in [0.2, 0.25) is 0 Å². The summed E-state index contributed by atoms with van der Waals surface area (Å²) in [5, 5.41) is 0.722. The van der Waals surface area contributed by atoms with E-state index in [1.54, 1.807) is 0 Å². The van der Waals surface area contributed by atoms with Gasteiger partial charge in [0.25, 0.3) is 0 Å². The van der Waals surface area contributed by atoms with Crippen LogP contribution in [0.4, 0.5) is 0 Å². The highest BCUT2D eigenvalue weighted by molar-refractivity contribution is 6.30. The van der Waals surface area contributed by atoms with Gasteiger partial charge in [-0.2, -0.15) is 0 Å². The molecule has 3 rings (SSSR count). The van der Waals surface area contributed by atoms with Gasteiger partial charge in [0, 0.05) is 29.1 Å². The standard InChI is InChI=1S/C16H16ClNO2/c17-14-7-11-5-6-19-16(11)13(8-14)10-20-15-4-2-1-3-12(15)9-18/h1-4,7-8H,5-6,9-10,18H2. The van der Waals surface area contributed by atoms with E-state index in [0.29, 0.717) is 19.8 Å². The zero-order chi connectivity index (χ0) is 13.9. The van der Waals surface area contributed by atoms with Crippen molar-refractivity contribution in [1.82, 2.24) is 0 Å². The Morgan fingerprint density at radius 3 is 2.90 bits per heavy atom. The second kappa shape index (κ2) is 5.73. The van der Waals surface area contributed by atoms with Crippen LogP contribution in [0.25, 0.3) is 0 Å². The number of hydrogen-bond acceptors (Lipinski definition) is 3. The van der Waals surface area contributed by atoms with Crippen molar-refractivity contribution >= 4 is 11.6 Å². The molecule has 0 fully saturated rings. The van der Waals surface area contributed by atoms with E-state index in [9.17, 15) is 0 Å². The Hall–Kier alpha value is -1.71. The Morgan fingerprint density at radius 2 is 2.05 bits per heavy atom. The maximum Gasteiger partial charge on any atom is 0.129 e. The lowest BCUT2D eigenvalue weighted by Gasteiger charge is -2.13. The highest BCUT2D eigenvalue weighted by atomic mass is 35.5. The SMILES string of the molecule is NCc1ccccc1OCc1cc(Cl)cc2c1OCC2. The van der Waals surface area contributed by atoms with Crippen LogP contribution in [0, 0.1) is 0 Å². The first-order valence-corrected chi connectivity index (χ1v) is 7.00. The Kier molecular flexibility index (Phi) is 3.81. The highest BCUT2D eigenvalue weighted by Gasteiger charge is 2.18. The summed E-state index contributed by atoms with van der Waals surface area (Å²) in [5.41, 5.74) is 8.84. The van der Waals surface area contributed by atoms with Crippen molar-refractivity contribution in [2.75, 3.05) is 6.61 Å². The summed E-state index contributed by atoms with van der Waals surface area (Å²) in [5.74, 6) is 1.72. The smallest absolute Gasteiger partial charge is 0.129 e. The maximum atomic E-state index is 6.14. The minimum Gasteiger partial charge on any atom is -0.493 e. The molecular formula is C16H16ClNO2. The fraction of sp³-hybridized carbons (Fsp3) is 0.250. The highest BCUT2D eigenvalue weighted by Crippen LogP contribution is 2.33. The van der Waals surface area contributed by atoms with E-state index in [2.05, 4.69) is 0 Å². The van der Waals surface area contributed by atoms with Crippen LogP contribution in [0.2, 0.25) is 5.02 Å². The minimum atomic E-state index is 0.430. The normalized spacial score (nSPS) is 12.9. The summed E-state index contributed by atoms with van der Waals surface area (Å²) < 4.78 is 11.5. The molecule has 1 heterocycles. The van der Waals surface area contributed by atoms with Crippen molar-refractivity contribution < 1.29 is 9.47 Å². The topological polar surface area (TPSA) is 44.5 Å². The number of ether oxygens (including phenoxy) is 2. The molecule has 0 unspecified atom stereocenters.